The van der Waals surface area contributed by atoms with Gasteiger partial charge >= 0.3 is 5.97 Å². The number of aliphatic hydroxyl groups is 1. The van der Waals surface area contributed by atoms with Crippen LogP contribution in [0.4, 0.5) is 0 Å². The number of unbranched alkanes of at least 4 members (excludes halogenated alkanes) is 17. The van der Waals surface area contributed by atoms with Gasteiger partial charge in [0.1, 0.15) is 0 Å². The van der Waals surface area contributed by atoms with Gasteiger partial charge in [-0.05, 0) is 64.6 Å². The first-order valence-corrected chi connectivity index (χ1v) is 17.2. The van der Waals surface area contributed by atoms with Crippen molar-refractivity contribution in [1.29, 1.82) is 0 Å². The molecule has 0 aliphatic heterocycles. The van der Waals surface area contributed by atoms with E-state index in [2.05, 4.69) is 25.7 Å². The Morgan fingerprint density at radius 3 is 1.50 bits per heavy atom. The quantitative estimate of drug-likeness (QED) is 0.0703. The highest BCUT2D eigenvalue weighted by Crippen LogP contribution is 2.20. The van der Waals surface area contributed by atoms with Gasteiger partial charge in [-0.25, -0.2) is 0 Å². The average Bonchev–Trinajstić information content (AvgIpc) is 2.92. The van der Waals surface area contributed by atoms with Crippen molar-refractivity contribution in [3.05, 3.63) is 0 Å². The van der Waals surface area contributed by atoms with E-state index < -0.39 is 0 Å². The van der Waals surface area contributed by atoms with Gasteiger partial charge in [0.15, 0.2) is 0 Å². The monoisotopic (exact) mass is 540 g/mol. The summed E-state index contributed by atoms with van der Waals surface area (Å²) < 4.78 is 5.69. The molecule has 0 bridgehead atoms. The first kappa shape index (κ1) is 37.4. The minimum absolute atomic E-state index is 0.0697. The van der Waals surface area contributed by atoms with Gasteiger partial charge in [-0.3, -0.25) is 4.79 Å². The topological polar surface area (TPSA) is 49.8 Å². The summed E-state index contributed by atoms with van der Waals surface area (Å²) in [6.45, 7) is 11.3. The molecular weight excluding hydrogens is 470 g/mol. The number of nitrogens with zero attached hydrogens (tertiary/aromatic N) is 1. The molecule has 38 heavy (non-hydrogen) atoms. The normalized spacial score (nSPS) is 12.3. The SMILES string of the molecule is CCCCCCCC(CCCC)C(=O)OCCCCCCCCCCN(CCCCO)CCCCCCC. The van der Waals surface area contributed by atoms with E-state index in [0.29, 0.717) is 13.2 Å². The van der Waals surface area contributed by atoms with Crippen LogP contribution in [0.15, 0.2) is 0 Å². The molecule has 4 nitrogen and oxygen atoms in total. The Morgan fingerprint density at radius 1 is 0.553 bits per heavy atom. The molecule has 0 rings (SSSR count). The van der Waals surface area contributed by atoms with Crippen LogP contribution in [0.2, 0.25) is 0 Å². The molecule has 0 saturated carbocycles. The highest BCUT2D eigenvalue weighted by atomic mass is 16.5. The predicted octanol–water partition coefficient (Wildman–Crippen LogP) is 9.86. The lowest BCUT2D eigenvalue weighted by atomic mass is 9.95. The van der Waals surface area contributed by atoms with Gasteiger partial charge in [0.25, 0.3) is 0 Å². The summed E-state index contributed by atoms with van der Waals surface area (Å²) in [5.74, 6) is 0.198. The van der Waals surface area contributed by atoms with Crippen molar-refractivity contribution in [2.24, 2.45) is 5.92 Å². The molecule has 0 fully saturated rings. The van der Waals surface area contributed by atoms with Crippen molar-refractivity contribution < 1.29 is 14.6 Å². The minimum atomic E-state index is 0.0697. The van der Waals surface area contributed by atoms with Crippen LogP contribution in [0.3, 0.4) is 0 Å². The minimum Gasteiger partial charge on any atom is -0.465 e. The Morgan fingerprint density at radius 2 is 0.974 bits per heavy atom. The van der Waals surface area contributed by atoms with Gasteiger partial charge in [0.05, 0.1) is 12.5 Å². The van der Waals surface area contributed by atoms with E-state index in [0.717, 1.165) is 51.5 Å². The van der Waals surface area contributed by atoms with Crippen LogP contribution in [-0.2, 0) is 9.53 Å². The van der Waals surface area contributed by atoms with Crippen LogP contribution in [0.1, 0.15) is 175 Å². The smallest absolute Gasteiger partial charge is 0.308 e. The van der Waals surface area contributed by atoms with Crippen LogP contribution in [-0.4, -0.2) is 48.8 Å². The van der Waals surface area contributed by atoms with Gasteiger partial charge in [-0.2, -0.15) is 0 Å². The van der Waals surface area contributed by atoms with Crippen molar-refractivity contribution in [3.8, 4) is 0 Å². The fourth-order valence-electron chi connectivity index (χ4n) is 5.34. The Kier molecular flexibility index (Phi) is 30.4. The Hall–Kier alpha value is -0.610. The fraction of sp³-hybridized carbons (Fsp3) is 0.971. The van der Waals surface area contributed by atoms with Crippen LogP contribution in [0, 0.1) is 5.92 Å². The van der Waals surface area contributed by atoms with Crippen molar-refractivity contribution in [2.45, 2.75) is 175 Å². The van der Waals surface area contributed by atoms with Crippen molar-refractivity contribution in [3.63, 3.8) is 0 Å². The number of esters is 1. The van der Waals surface area contributed by atoms with E-state index in [1.54, 1.807) is 0 Å². The molecule has 0 aromatic heterocycles. The molecule has 0 radical (unpaired) electrons. The van der Waals surface area contributed by atoms with Gasteiger partial charge in [-0.15, -0.1) is 0 Å². The van der Waals surface area contributed by atoms with E-state index >= 15 is 0 Å². The molecule has 228 valence electrons. The molecule has 4 heteroatoms. The number of hydrogen-bond donors (Lipinski definition) is 1. The lowest BCUT2D eigenvalue weighted by Crippen LogP contribution is -2.27. The molecule has 1 unspecified atom stereocenters. The highest BCUT2D eigenvalue weighted by Gasteiger charge is 2.18. The summed E-state index contributed by atoms with van der Waals surface area (Å²) in [5.41, 5.74) is 0. The number of aliphatic hydroxyl groups excluding tert-OH is 1. The van der Waals surface area contributed by atoms with Crippen molar-refractivity contribution >= 4 is 5.97 Å². The fourth-order valence-corrected chi connectivity index (χ4v) is 5.34. The number of ether oxygens (including phenoxy) is 1. The third-order valence-corrected chi connectivity index (χ3v) is 7.97. The van der Waals surface area contributed by atoms with Crippen LogP contribution >= 0.6 is 0 Å². The highest BCUT2D eigenvalue weighted by molar-refractivity contribution is 5.72. The summed E-state index contributed by atoms with van der Waals surface area (Å²) in [6, 6.07) is 0. The van der Waals surface area contributed by atoms with Crippen LogP contribution < -0.4 is 0 Å². The van der Waals surface area contributed by atoms with Crippen LogP contribution in [0.25, 0.3) is 0 Å². The molecule has 0 aromatic rings. The van der Waals surface area contributed by atoms with Crippen molar-refractivity contribution in [1.82, 2.24) is 4.90 Å². The number of carbonyl (C=O) groups is 1. The molecular formula is C34H69NO3. The lowest BCUT2D eigenvalue weighted by molar-refractivity contribution is -0.149. The van der Waals surface area contributed by atoms with Crippen LogP contribution in [0.5, 0.6) is 0 Å². The summed E-state index contributed by atoms with van der Waals surface area (Å²) in [5, 5.41) is 9.10. The average molecular weight is 540 g/mol. The Bertz CT molecular complexity index is 471. The van der Waals surface area contributed by atoms with E-state index in [9.17, 15) is 4.79 Å². The first-order valence-electron chi connectivity index (χ1n) is 17.2. The molecule has 0 spiro atoms. The van der Waals surface area contributed by atoms with E-state index in [1.807, 2.05) is 0 Å². The maximum atomic E-state index is 12.6. The second-order valence-corrected chi connectivity index (χ2v) is 11.7. The zero-order chi connectivity index (χ0) is 27.9. The second-order valence-electron chi connectivity index (χ2n) is 11.7. The van der Waals surface area contributed by atoms with Gasteiger partial charge in [-0.1, -0.05) is 130 Å². The molecule has 1 atom stereocenters. The van der Waals surface area contributed by atoms with E-state index in [1.165, 1.54) is 122 Å². The molecule has 0 aliphatic carbocycles. The zero-order valence-electron chi connectivity index (χ0n) is 26.3. The first-order chi connectivity index (χ1) is 18.7. The Labute approximate surface area is 239 Å². The molecule has 0 aromatic carbocycles. The van der Waals surface area contributed by atoms with Crippen molar-refractivity contribution in [2.75, 3.05) is 32.8 Å². The molecule has 0 aliphatic rings. The van der Waals surface area contributed by atoms with E-state index in [4.69, 9.17) is 9.84 Å². The maximum absolute atomic E-state index is 12.6. The third-order valence-electron chi connectivity index (χ3n) is 7.97. The molecule has 0 amide bonds. The predicted molar refractivity (Wildman–Crippen MR) is 166 cm³/mol. The zero-order valence-corrected chi connectivity index (χ0v) is 26.3. The van der Waals surface area contributed by atoms with Gasteiger partial charge < -0.3 is 14.7 Å². The maximum Gasteiger partial charge on any atom is 0.308 e. The summed E-state index contributed by atoms with van der Waals surface area (Å²) in [4.78, 5) is 15.2. The molecule has 1 N–H and O–H groups in total. The summed E-state index contributed by atoms with van der Waals surface area (Å²) in [7, 11) is 0. The van der Waals surface area contributed by atoms with Gasteiger partial charge in [0.2, 0.25) is 0 Å². The molecule has 0 heterocycles. The summed E-state index contributed by atoms with van der Waals surface area (Å²) >= 11 is 0. The standard InChI is InChI=1S/C34H69NO3/c1-4-7-10-16-20-27-33(26-9-6-3)34(37)38-32-25-19-15-13-12-14-18-22-29-35(30-23-24-31-36)28-21-17-11-8-5-2/h33,36H,4-32H2,1-3H3. The number of hydrogen-bond acceptors (Lipinski definition) is 4. The Balaban J connectivity index is 3.81. The third kappa shape index (κ3) is 25.7. The number of carbonyl (C=O) groups excluding carboxylic acids is 1. The number of rotatable bonds is 31. The molecule has 0 saturated heterocycles. The van der Waals surface area contributed by atoms with Gasteiger partial charge in [0, 0.05) is 6.61 Å². The van der Waals surface area contributed by atoms with E-state index in [-0.39, 0.29) is 11.9 Å². The largest absolute Gasteiger partial charge is 0.465 e. The lowest BCUT2D eigenvalue weighted by Gasteiger charge is -2.22. The second kappa shape index (κ2) is 30.9. The summed E-state index contributed by atoms with van der Waals surface area (Å²) in [6.07, 6.45) is 29.5.